The molecule has 9 unspecified atom stereocenters. The fourth-order valence-corrected chi connectivity index (χ4v) is 9.53. The van der Waals surface area contributed by atoms with Gasteiger partial charge in [-0.25, -0.2) is 4.79 Å². The molecule has 0 amide bonds. The maximum Gasteiger partial charge on any atom is 0.336 e. The van der Waals surface area contributed by atoms with Gasteiger partial charge in [-0.2, -0.15) is 0 Å². The molecule has 4 aliphatic rings. The fourth-order valence-electron chi connectivity index (χ4n) is 9.53. The predicted octanol–water partition coefficient (Wildman–Crippen LogP) is 1.33. The van der Waals surface area contributed by atoms with Crippen molar-refractivity contribution in [1.29, 1.82) is 0 Å². The van der Waals surface area contributed by atoms with Gasteiger partial charge in [-0.05, 0) is 90.7 Å². The minimum absolute atomic E-state index is 0.00589. The summed E-state index contributed by atoms with van der Waals surface area (Å²) in [5.41, 5.74) is 7.70. The molecule has 2 bridgehead atoms. The number of aromatic hydroxyl groups is 2. The molecular weight excluding hydrogens is 901 g/mol. The number of nitrogen functional groups attached to an aromatic ring is 1. The number of aryl methyl sites for hydroxylation is 1. The average Bonchev–Trinajstić information content (AvgIpc) is 4.01. The molecule has 0 saturated carbocycles. The third kappa shape index (κ3) is 8.81. The summed E-state index contributed by atoms with van der Waals surface area (Å²) in [6.45, 7) is 2.61. The van der Waals surface area contributed by atoms with E-state index in [1.54, 1.807) is 42.5 Å². The molecule has 1 aliphatic carbocycles. The van der Waals surface area contributed by atoms with E-state index in [1.807, 2.05) is 13.0 Å². The first-order valence-electron chi connectivity index (χ1n) is 22.1. The number of hydrogen-bond donors (Lipinski definition) is 14. The van der Waals surface area contributed by atoms with Crippen molar-refractivity contribution in [2.24, 2.45) is 11.7 Å². The Labute approximate surface area is 392 Å². The Hall–Kier alpha value is -7.08. The van der Waals surface area contributed by atoms with Crippen molar-refractivity contribution < 1.29 is 69.0 Å². The van der Waals surface area contributed by atoms with E-state index in [2.05, 4.69) is 20.9 Å². The smallest absolute Gasteiger partial charge is 0.336 e. The Morgan fingerprint density at radius 2 is 1.81 bits per heavy atom. The number of H-pyrrole nitrogens is 1. The van der Waals surface area contributed by atoms with Gasteiger partial charge in [0.05, 0.1) is 5.82 Å². The number of anilines is 1. The summed E-state index contributed by atoms with van der Waals surface area (Å²) in [5, 5.41) is 101. The van der Waals surface area contributed by atoms with Crippen molar-refractivity contribution in [1.82, 2.24) is 20.9 Å². The summed E-state index contributed by atoms with van der Waals surface area (Å²) >= 11 is 0. The SMILES string of the molecule is CCc1cc(O)cc(C(O)Oc2c(OC3OC(C(=O)O)C4(O)C(C5CNCN5)C(CC5=CCNC(N)=C5)=CC3(O)C4O)cc3oc(-c4ccc(OCC(O)c5ccc(N)[nH]5)cc4)cc(=O)c3c2O)c1. The molecule has 21 nitrogen and oxygen atoms in total. The summed E-state index contributed by atoms with van der Waals surface area (Å²) in [4.78, 5) is 30.0. The zero-order valence-corrected chi connectivity index (χ0v) is 37.0. The first-order chi connectivity index (χ1) is 33.0. The molecule has 21 heteroatoms. The molecule has 3 aliphatic heterocycles. The Balaban J connectivity index is 1.13. The van der Waals surface area contributed by atoms with Gasteiger partial charge in [0.1, 0.15) is 58.5 Å². The first kappa shape index (κ1) is 47.0. The predicted molar refractivity (Wildman–Crippen MR) is 245 cm³/mol. The number of carboxylic acids is 1. The number of dihydropyridines is 1. The Morgan fingerprint density at radius 1 is 1.03 bits per heavy atom. The van der Waals surface area contributed by atoms with Crippen LogP contribution in [-0.2, 0) is 16.0 Å². The molecule has 5 aromatic rings. The van der Waals surface area contributed by atoms with Crippen LogP contribution < -0.4 is 47.1 Å². The highest BCUT2D eigenvalue weighted by atomic mass is 16.7. The van der Waals surface area contributed by atoms with Crippen LogP contribution in [0.4, 0.5) is 5.82 Å². The topological polar surface area (TPSA) is 350 Å². The van der Waals surface area contributed by atoms with E-state index in [4.69, 9.17) is 34.8 Å². The number of carboxylic acid groups (broad SMARTS) is 1. The molecule has 9 rings (SSSR count). The van der Waals surface area contributed by atoms with Crippen molar-refractivity contribution in [2.75, 3.05) is 32.1 Å². The zero-order valence-electron chi connectivity index (χ0n) is 37.0. The summed E-state index contributed by atoms with van der Waals surface area (Å²) in [7, 11) is 0. The number of fused-ring (bicyclic) bond motifs is 3. The molecule has 2 aromatic heterocycles. The lowest BCUT2D eigenvalue weighted by molar-refractivity contribution is -0.344. The van der Waals surface area contributed by atoms with Crippen molar-refractivity contribution >= 4 is 22.8 Å². The monoisotopic (exact) mass is 952 g/mol. The van der Waals surface area contributed by atoms with Gasteiger partial charge in [-0.15, -0.1) is 0 Å². The second-order valence-electron chi connectivity index (χ2n) is 17.4. The van der Waals surface area contributed by atoms with Gasteiger partial charge in [-0.1, -0.05) is 18.6 Å². The van der Waals surface area contributed by atoms with Crippen LogP contribution in [0.2, 0.25) is 0 Å². The van der Waals surface area contributed by atoms with E-state index in [-0.39, 0.29) is 42.2 Å². The normalized spacial score (nSPS) is 26.3. The van der Waals surface area contributed by atoms with Crippen LogP contribution in [0.5, 0.6) is 28.7 Å². The number of aromatic nitrogens is 1. The van der Waals surface area contributed by atoms with Crippen molar-refractivity contribution in [3.8, 4) is 40.1 Å². The van der Waals surface area contributed by atoms with E-state index >= 15 is 0 Å². The largest absolute Gasteiger partial charge is 0.508 e. The lowest BCUT2D eigenvalue weighted by Crippen LogP contribution is -2.79. The van der Waals surface area contributed by atoms with Gasteiger partial charge in [0.15, 0.2) is 28.6 Å². The van der Waals surface area contributed by atoms with E-state index in [1.165, 1.54) is 24.3 Å². The highest BCUT2D eigenvalue weighted by Gasteiger charge is 2.71. The number of nitrogens with one attached hydrogen (secondary N) is 4. The molecule has 69 heavy (non-hydrogen) atoms. The van der Waals surface area contributed by atoms with Crippen LogP contribution in [-0.4, -0.2) is 114 Å². The summed E-state index contributed by atoms with van der Waals surface area (Å²) in [6, 6.07) is 15.3. The number of hydrogen-bond acceptors (Lipinski definition) is 19. The van der Waals surface area contributed by atoms with E-state index in [0.717, 1.165) is 12.1 Å². The molecule has 2 saturated heterocycles. The first-order valence-corrected chi connectivity index (χ1v) is 22.1. The van der Waals surface area contributed by atoms with Crippen molar-refractivity contribution in [3.63, 3.8) is 0 Å². The highest BCUT2D eigenvalue weighted by molar-refractivity contribution is 5.89. The van der Waals surface area contributed by atoms with Gasteiger partial charge >= 0.3 is 5.97 Å². The number of rotatable bonds is 15. The van der Waals surface area contributed by atoms with Gasteiger partial charge in [0.2, 0.25) is 18.3 Å². The number of carbonyl (C=O) groups is 1. The molecule has 3 aromatic carbocycles. The van der Waals surface area contributed by atoms with Crippen LogP contribution in [0, 0.1) is 5.92 Å². The van der Waals surface area contributed by atoms with Gasteiger partial charge in [0.25, 0.3) is 0 Å². The van der Waals surface area contributed by atoms with Crippen LogP contribution in [0.1, 0.15) is 42.6 Å². The second kappa shape index (κ2) is 18.4. The molecule has 0 radical (unpaired) electrons. The van der Waals surface area contributed by atoms with Crippen LogP contribution in [0.15, 0.2) is 111 Å². The van der Waals surface area contributed by atoms with Gasteiger partial charge < -0.3 is 91.3 Å². The van der Waals surface area contributed by atoms with Crippen molar-refractivity contribution in [3.05, 3.63) is 129 Å². The molecule has 5 heterocycles. The van der Waals surface area contributed by atoms with E-state index < -0.39 is 88.1 Å². The lowest BCUT2D eigenvalue weighted by atomic mass is 9.59. The number of phenolic OH excluding ortho intramolecular Hbond substituents is 2. The Kier molecular flexibility index (Phi) is 12.6. The summed E-state index contributed by atoms with van der Waals surface area (Å²) in [6.07, 6.45) is -4.50. The Morgan fingerprint density at radius 3 is 2.49 bits per heavy atom. The molecular formula is C48H52N6O15. The number of aliphatic hydroxyl groups is 5. The van der Waals surface area contributed by atoms with Gasteiger partial charge in [-0.3, -0.25) is 10.1 Å². The molecule has 0 spiro atoms. The summed E-state index contributed by atoms with van der Waals surface area (Å²) in [5.74, 6) is -4.21. The molecule has 2 fully saturated rings. The highest BCUT2D eigenvalue weighted by Crippen LogP contribution is 2.53. The minimum Gasteiger partial charge on any atom is -0.508 e. The number of phenols is 2. The average molecular weight is 953 g/mol. The number of allylic oxidation sites excluding steroid dienone is 2. The maximum absolute atomic E-state index is 14.0. The number of nitrogens with two attached hydrogens (primary N) is 2. The minimum atomic E-state index is -2.74. The number of aromatic amines is 1. The quantitative estimate of drug-likeness (QED) is 0.0520. The third-order valence-electron chi connectivity index (χ3n) is 12.9. The Bertz CT molecular complexity index is 2930. The van der Waals surface area contributed by atoms with E-state index in [0.29, 0.717) is 65.0 Å². The fraction of sp³-hybridized carbons (Fsp3) is 0.333. The third-order valence-corrected chi connectivity index (χ3v) is 12.9. The number of aliphatic hydroxyl groups excluding tert-OH is 3. The van der Waals surface area contributed by atoms with Crippen LogP contribution in [0.25, 0.3) is 22.3 Å². The zero-order chi connectivity index (χ0) is 48.9. The van der Waals surface area contributed by atoms with Crippen LogP contribution >= 0.6 is 0 Å². The number of ether oxygens (including phenoxy) is 4. The number of benzene rings is 3. The lowest BCUT2D eigenvalue weighted by Gasteiger charge is -2.58. The summed E-state index contributed by atoms with van der Waals surface area (Å²) < 4.78 is 30.1. The van der Waals surface area contributed by atoms with Crippen molar-refractivity contribution in [2.45, 2.75) is 67.9 Å². The van der Waals surface area contributed by atoms with E-state index in [9.17, 15) is 50.4 Å². The van der Waals surface area contributed by atoms with Gasteiger partial charge in [0, 0.05) is 60.7 Å². The second-order valence-corrected chi connectivity index (χ2v) is 17.4. The maximum atomic E-state index is 14.0. The molecule has 364 valence electrons. The number of aliphatic carboxylic acids is 1. The van der Waals surface area contributed by atoms with Crippen LogP contribution in [0.3, 0.4) is 0 Å². The molecule has 16 N–H and O–H groups in total. The molecule has 9 atom stereocenters. The standard InChI is InChI=1S/C48H52N6O15/c1-2-22-11-25(15-27(55)13-22)44(61)68-41-35(17-34-38(40(41)58)31(56)16-33(66-34)24-3-5-28(6-4-24)65-20-32(57)29-7-8-36(49)54-29)67-46-47(63)18-26(12-23-9-10-52-37(50)14-23)39(30-19-51-21-53-30)48(64,45(47)62)42(69-46)43(59)60/h3-9,11,13-18,30,32,39,42,44-46,51-55,57-58,61-64H,2,10,12,19-21,49-50H2,1H3,(H,59,60).